The summed E-state index contributed by atoms with van der Waals surface area (Å²) in [5.74, 6) is 0.810. The lowest BCUT2D eigenvalue weighted by molar-refractivity contribution is -0.141. The predicted molar refractivity (Wildman–Crippen MR) is 133 cm³/mol. The van der Waals surface area contributed by atoms with Crippen LogP contribution in [0.25, 0.3) is 11.1 Å². The van der Waals surface area contributed by atoms with E-state index in [4.69, 9.17) is 14.2 Å². The zero-order chi connectivity index (χ0) is 26.8. The van der Waals surface area contributed by atoms with Crippen molar-refractivity contribution in [3.8, 4) is 16.9 Å². The molecule has 2 saturated heterocycles. The van der Waals surface area contributed by atoms with Gasteiger partial charge in [0.25, 0.3) is 0 Å². The zero-order valence-electron chi connectivity index (χ0n) is 20.9. The van der Waals surface area contributed by atoms with Crippen LogP contribution in [0.3, 0.4) is 0 Å². The molecule has 3 amide bonds. The molecule has 3 heterocycles. The van der Waals surface area contributed by atoms with E-state index in [1.54, 1.807) is 4.90 Å². The summed E-state index contributed by atoms with van der Waals surface area (Å²) < 4.78 is 53.3. The maximum Gasteiger partial charge on any atom is 0.409 e. The van der Waals surface area contributed by atoms with Crippen molar-refractivity contribution in [3.63, 3.8) is 0 Å². The maximum absolute atomic E-state index is 12.4. The summed E-state index contributed by atoms with van der Waals surface area (Å²) in [6.45, 7) is 2.31. The Morgan fingerprint density at radius 1 is 0.947 bits per heavy atom. The Bertz CT molecular complexity index is 1160. The molecule has 8 nitrogen and oxygen atoms in total. The third kappa shape index (κ3) is 6.15. The number of nitrogens with zero attached hydrogens (tertiary/aromatic N) is 2. The summed E-state index contributed by atoms with van der Waals surface area (Å²) in [4.78, 5) is 27.7. The highest BCUT2D eigenvalue weighted by Gasteiger charge is 2.43. The number of benzene rings is 2. The molecule has 0 aliphatic carbocycles. The first-order valence-electron chi connectivity index (χ1n) is 12.7. The largest absolute Gasteiger partial charge is 0.487 e. The number of hydrogen-bond acceptors (Lipinski definition) is 5. The molecule has 0 radical (unpaired) electrons. The number of rotatable bonds is 4. The van der Waals surface area contributed by atoms with Crippen LogP contribution in [0.5, 0.6) is 5.75 Å². The van der Waals surface area contributed by atoms with Gasteiger partial charge in [0.05, 0.1) is 19.6 Å². The topological polar surface area (TPSA) is 80.3 Å². The van der Waals surface area contributed by atoms with Crippen LogP contribution in [-0.4, -0.2) is 79.7 Å². The fourth-order valence-corrected chi connectivity index (χ4v) is 5.05. The lowest BCUT2D eigenvalue weighted by Crippen LogP contribution is -2.49. The van der Waals surface area contributed by atoms with E-state index in [0.29, 0.717) is 58.7 Å². The molecule has 2 aromatic rings. The molecule has 38 heavy (non-hydrogen) atoms. The number of piperidine rings is 1. The average Bonchev–Trinajstić information content (AvgIpc) is 3.26. The molecule has 0 unspecified atom stereocenters. The lowest BCUT2D eigenvalue weighted by Gasteiger charge is -2.38. The molecule has 204 valence electrons. The number of ether oxygens (including phenoxy) is 3. The number of alkyl halides is 3. The standard InChI is InChI=1S/C27H30F3N3O5/c28-27(29,30)9-14-37-25(35)33-10-7-26(8-11-33)18-21-17-20(3-6-23(21)38-26)19-1-4-22(5-2-19)31-24(34)32-12-15-36-16-13-32/h1-6,17H,7-16,18H2,(H,31,34). The van der Waals surface area contributed by atoms with Gasteiger partial charge in [-0.25, -0.2) is 9.59 Å². The van der Waals surface area contributed by atoms with Crippen LogP contribution in [0.1, 0.15) is 24.8 Å². The van der Waals surface area contributed by atoms with Crippen LogP contribution in [0.4, 0.5) is 28.4 Å². The number of amides is 3. The molecular formula is C27H30F3N3O5. The lowest BCUT2D eigenvalue weighted by atomic mass is 9.86. The summed E-state index contributed by atoms with van der Waals surface area (Å²) >= 11 is 0. The summed E-state index contributed by atoms with van der Waals surface area (Å²) in [5, 5.41) is 2.92. The Hall–Kier alpha value is -3.47. The first kappa shape index (κ1) is 26.1. The first-order chi connectivity index (χ1) is 18.2. The van der Waals surface area contributed by atoms with Crippen LogP contribution >= 0.6 is 0 Å². The van der Waals surface area contributed by atoms with E-state index in [-0.39, 0.29) is 6.03 Å². The number of nitrogens with one attached hydrogen (secondary N) is 1. The number of urea groups is 1. The molecule has 0 atom stereocenters. The van der Waals surface area contributed by atoms with E-state index in [0.717, 1.165) is 28.1 Å². The number of morpholine rings is 1. The van der Waals surface area contributed by atoms with Gasteiger partial charge in [-0.3, -0.25) is 0 Å². The third-order valence-corrected chi connectivity index (χ3v) is 7.21. The second-order valence-electron chi connectivity index (χ2n) is 9.86. The minimum Gasteiger partial charge on any atom is -0.487 e. The molecule has 3 aliphatic heterocycles. The normalized spacial score (nSPS) is 18.6. The summed E-state index contributed by atoms with van der Waals surface area (Å²) in [6.07, 6.45) is -4.38. The quantitative estimate of drug-likeness (QED) is 0.593. The van der Waals surface area contributed by atoms with Gasteiger partial charge in [-0.2, -0.15) is 13.2 Å². The molecule has 0 bridgehead atoms. The number of halogens is 3. The van der Waals surface area contributed by atoms with Gasteiger partial charge >= 0.3 is 18.3 Å². The number of carbonyl (C=O) groups is 2. The second-order valence-corrected chi connectivity index (χ2v) is 9.86. The molecular weight excluding hydrogens is 503 g/mol. The van der Waals surface area contributed by atoms with Gasteiger partial charge < -0.3 is 29.3 Å². The second kappa shape index (κ2) is 10.7. The van der Waals surface area contributed by atoms with Crippen molar-refractivity contribution in [2.75, 3.05) is 51.3 Å². The fourth-order valence-electron chi connectivity index (χ4n) is 5.05. The summed E-state index contributed by atoms with van der Waals surface area (Å²) in [5.41, 5.74) is 3.40. The van der Waals surface area contributed by atoms with Gasteiger partial charge in [-0.05, 0) is 41.0 Å². The van der Waals surface area contributed by atoms with Gasteiger partial charge in [-0.15, -0.1) is 0 Å². The van der Waals surface area contributed by atoms with Crippen LogP contribution in [0.2, 0.25) is 0 Å². The molecule has 3 aliphatic rings. The van der Waals surface area contributed by atoms with Gasteiger partial charge in [0, 0.05) is 51.1 Å². The fraction of sp³-hybridized carbons (Fsp3) is 0.481. The Morgan fingerprint density at radius 2 is 1.63 bits per heavy atom. The van der Waals surface area contributed by atoms with Crippen molar-refractivity contribution in [1.82, 2.24) is 9.80 Å². The van der Waals surface area contributed by atoms with Crippen molar-refractivity contribution in [1.29, 1.82) is 0 Å². The van der Waals surface area contributed by atoms with Crippen LogP contribution in [0.15, 0.2) is 42.5 Å². The monoisotopic (exact) mass is 533 g/mol. The first-order valence-corrected chi connectivity index (χ1v) is 12.7. The van der Waals surface area contributed by atoms with Crippen LogP contribution < -0.4 is 10.1 Å². The van der Waals surface area contributed by atoms with Crippen molar-refractivity contribution in [2.45, 2.75) is 37.5 Å². The van der Waals surface area contributed by atoms with Crippen LogP contribution in [-0.2, 0) is 15.9 Å². The van der Waals surface area contributed by atoms with E-state index in [1.807, 2.05) is 36.4 Å². The molecule has 1 N–H and O–H groups in total. The van der Waals surface area contributed by atoms with Crippen molar-refractivity contribution in [2.24, 2.45) is 0 Å². The molecule has 5 rings (SSSR count). The van der Waals surface area contributed by atoms with E-state index in [2.05, 4.69) is 11.4 Å². The Kier molecular flexibility index (Phi) is 7.38. The molecule has 11 heteroatoms. The zero-order valence-corrected chi connectivity index (χ0v) is 20.9. The molecule has 1 spiro atoms. The maximum atomic E-state index is 12.4. The predicted octanol–water partition coefficient (Wildman–Crippen LogP) is 5.08. The number of likely N-dealkylation sites (tertiary alicyclic amines) is 1. The van der Waals surface area contributed by atoms with Gasteiger partial charge in [-0.1, -0.05) is 18.2 Å². The van der Waals surface area contributed by atoms with Crippen molar-refractivity contribution >= 4 is 17.8 Å². The number of hydrogen-bond donors (Lipinski definition) is 1. The van der Waals surface area contributed by atoms with E-state index < -0.39 is 30.9 Å². The highest BCUT2D eigenvalue weighted by atomic mass is 19.4. The molecule has 0 aromatic heterocycles. The number of fused-ring (bicyclic) bond motifs is 1. The number of anilines is 1. The molecule has 0 saturated carbocycles. The van der Waals surface area contributed by atoms with Gasteiger partial charge in [0.15, 0.2) is 0 Å². The SMILES string of the molecule is O=C(Nc1ccc(-c2ccc3c(c2)CC2(CCN(C(=O)OCCC(F)(F)F)CC2)O3)cc1)N1CCOCC1. The van der Waals surface area contributed by atoms with E-state index in [9.17, 15) is 22.8 Å². The minimum absolute atomic E-state index is 0.137. The van der Waals surface area contributed by atoms with Crippen molar-refractivity contribution < 1.29 is 37.0 Å². The van der Waals surface area contributed by atoms with E-state index in [1.165, 1.54) is 4.90 Å². The molecule has 2 fully saturated rings. The number of carbonyl (C=O) groups excluding carboxylic acids is 2. The van der Waals surface area contributed by atoms with Crippen molar-refractivity contribution in [3.05, 3.63) is 48.0 Å². The average molecular weight is 534 g/mol. The molecule has 2 aromatic carbocycles. The highest BCUT2D eigenvalue weighted by molar-refractivity contribution is 5.89. The summed E-state index contributed by atoms with van der Waals surface area (Å²) in [7, 11) is 0. The van der Waals surface area contributed by atoms with Gasteiger partial charge in [0.1, 0.15) is 18.0 Å². The summed E-state index contributed by atoms with van der Waals surface area (Å²) in [6, 6.07) is 13.6. The van der Waals surface area contributed by atoms with Gasteiger partial charge in [0.2, 0.25) is 0 Å². The minimum atomic E-state index is -4.35. The highest BCUT2D eigenvalue weighted by Crippen LogP contribution is 2.42. The van der Waals surface area contributed by atoms with E-state index >= 15 is 0 Å². The third-order valence-electron chi connectivity index (χ3n) is 7.21. The Balaban J connectivity index is 1.15. The Morgan fingerprint density at radius 3 is 2.32 bits per heavy atom. The smallest absolute Gasteiger partial charge is 0.409 e. The van der Waals surface area contributed by atoms with Crippen LogP contribution in [0, 0.1) is 0 Å². The Labute approximate surface area is 218 Å².